The van der Waals surface area contributed by atoms with E-state index in [0.29, 0.717) is 10.6 Å². The molecule has 1 aromatic heterocycles. The van der Waals surface area contributed by atoms with E-state index < -0.39 is 0 Å². The molecule has 0 radical (unpaired) electrons. The van der Waals surface area contributed by atoms with Gasteiger partial charge in [-0.2, -0.15) is 0 Å². The summed E-state index contributed by atoms with van der Waals surface area (Å²) in [7, 11) is 1.77. The summed E-state index contributed by atoms with van der Waals surface area (Å²) >= 11 is 6.00. The average molecular weight is 275 g/mol. The molecule has 0 fully saturated rings. The second-order valence-corrected chi connectivity index (χ2v) is 4.77. The molecule has 0 aliphatic carbocycles. The van der Waals surface area contributed by atoms with E-state index >= 15 is 0 Å². The Morgan fingerprint density at radius 3 is 2.58 bits per heavy atom. The number of nitrogens with zero attached hydrogens (tertiary/aromatic N) is 2. The number of halogens is 1. The van der Waals surface area contributed by atoms with Crippen molar-refractivity contribution >= 4 is 17.5 Å². The molecule has 1 amide bonds. The smallest absolute Gasteiger partial charge is 0.255 e. The fourth-order valence-corrected chi connectivity index (χ4v) is 2.07. The van der Waals surface area contributed by atoms with Crippen molar-refractivity contribution in [1.29, 1.82) is 0 Å². The summed E-state index contributed by atoms with van der Waals surface area (Å²) in [5, 5.41) is 0.375. The van der Waals surface area contributed by atoms with Gasteiger partial charge in [0, 0.05) is 19.4 Å². The SMILES string of the molecule is CC(c1ccccc1)N(C)C(=O)c1ccncc1Cl. The lowest BCUT2D eigenvalue weighted by molar-refractivity contribution is 0.0742. The third-order valence-electron chi connectivity index (χ3n) is 3.19. The second kappa shape index (κ2) is 5.85. The van der Waals surface area contributed by atoms with Crippen molar-refractivity contribution in [3.63, 3.8) is 0 Å². The molecule has 2 rings (SSSR count). The lowest BCUT2D eigenvalue weighted by atomic mass is 10.1. The largest absolute Gasteiger partial charge is 0.335 e. The highest BCUT2D eigenvalue weighted by Crippen LogP contribution is 2.22. The maximum absolute atomic E-state index is 12.4. The van der Waals surface area contributed by atoms with Gasteiger partial charge in [-0.25, -0.2) is 0 Å². The van der Waals surface area contributed by atoms with Crippen molar-refractivity contribution in [1.82, 2.24) is 9.88 Å². The van der Waals surface area contributed by atoms with Crippen LogP contribution in [0.3, 0.4) is 0 Å². The summed E-state index contributed by atoms with van der Waals surface area (Å²) in [6, 6.07) is 11.5. The predicted octanol–water partition coefficient (Wildman–Crippen LogP) is 3.57. The Kier molecular flexibility index (Phi) is 4.17. The number of hydrogen-bond donors (Lipinski definition) is 0. The van der Waals surface area contributed by atoms with Gasteiger partial charge in [-0.1, -0.05) is 41.9 Å². The summed E-state index contributed by atoms with van der Waals surface area (Å²) < 4.78 is 0. The summed E-state index contributed by atoms with van der Waals surface area (Å²) in [6.45, 7) is 1.99. The third-order valence-corrected chi connectivity index (χ3v) is 3.49. The van der Waals surface area contributed by atoms with E-state index in [4.69, 9.17) is 11.6 Å². The van der Waals surface area contributed by atoms with Crippen LogP contribution in [0, 0.1) is 0 Å². The average Bonchev–Trinajstić information content (AvgIpc) is 2.46. The number of rotatable bonds is 3. The first-order valence-corrected chi connectivity index (χ1v) is 6.40. The fourth-order valence-electron chi connectivity index (χ4n) is 1.87. The van der Waals surface area contributed by atoms with Crippen LogP contribution in [0.4, 0.5) is 0 Å². The third kappa shape index (κ3) is 2.93. The molecule has 0 aliphatic heterocycles. The molecule has 19 heavy (non-hydrogen) atoms. The Labute approximate surface area is 117 Å². The number of amides is 1. The fraction of sp³-hybridized carbons (Fsp3) is 0.200. The van der Waals surface area contributed by atoms with Crippen LogP contribution in [-0.4, -0.2) is 22.8 Å². The van der Waals surface area contributed by atoms with E-state index in [0.717, 1.165) is 5.56 Å². The predicted molar refractivity (Wildman–Crippen MR) is 76.2 cm³/mol. The molecule has 1 atom stereocenters. The Hall–Kier alpha value is -1.87. The van der Waals surface area contributed by atoms with Crippen LogP contribution in [0.15, 0.2) is 48.8 Å². The maximum Gasteiger partial charge on any atom is 0.255 e. The molecule has 0 N–H and O–H groups in total. The minimum absolute atomic E-state index is 0.0158. The van der Waals surface area contributed by atoms with Gasteiger partial charge in [0.25, 0.3) is 5.91 Å². The Morgan fingerprint density at radius 2 is 1.95 bits per heavy atom. The second-order valence-electron chi connectivity index (χ2n) is 4.36. The highest BCUT2D eigenvalue weighted by Gasteiger charge is 2.20. The zero-order valence-electron chi connectivity index (χ0n) is 10.9. The van der Waals surface area contributed by atoms with Gasteiger partial charge in [0.1, 0.15) is 0 Å². The van der Waals surface area contributed by atoms with Crippen LogP contribution in [0.5, 0.6) is 0 Å². The first-order chi connectivity index (χ1) is 9.11. The first-order valence-electron chi connectivity index (χ1n) is 6.03. The summed E-state index contributed by atoms with van der Waals surface area (Å²) in [6.07, 6.45) is 3.05. The number of benzene rings is 1. The Bertz CT molecular complexity index is 571. The van der Waals surface area contributed by atoms with Gasteiger partial charge in [-0.15, -0.1) is 0 Å². The Balaban J connectivity index is 2.23. The molecule has 98 valence electrons. The topological polar surface area (TPSA) is 33.2 Å². The van der Waals surface area contributed by atoms with Gasteiger partial charge < -0.3 is 4.90 Å². The molecule has 1 unspecified atom stereocenters. The maximum atomic E-state index is 12.4. The highest BCUT2D eigenvalue weighted by molar-refractivity contribution is 6.33. The van der Waals surface area contributed by atoms with E-state index in [1.165, 1.54) is 6.20 Å². The van der Waals surface area contributed by atoms with Crippen LogP contribution >= 0.6 is 11.6 Å². The van der Waals surface area contributed by atoms with Crippen molar-refractivity contribution in [2.45, 2.75) is 13.0 Å². The van der Waals surface area contributed by atoms with Gasteiger partial charge >= 0.3 is 0 Å². The zero-order valence-corrected chi connectivity index (χ0v) is 11.6. The number of aromatic nitrogens is 1. The van der Waals surface area contributed by atoms with Crippen LogP contribution in [0.2, 0.25) is 5.02 Å². The molecule has 0 spiro atoms. The highest BCUT2D eigenvalue weighted by atomic mass is 35.5. The first kappa shape index (κ1) is 13.6. The lowest BCUT2D eigenvalue weighted by Crippen LogP contribution is -2.29. The van der Waals surface area contributed by atoms with Crippen LogP contribution in [0.1, 0.15) is 28.9 Å². The molecule has 0 bridgehead atoms. The van der Waals surface area contributed by atoms with Crippen LogP contribution in [-0.2, 0) is 0 Å². The number of carbonyl (C=O) groups excluding carboxylic acids is 1. The van der Waals surface area contributed by atoms with E-state index in [-0.39, 0.29) is 11.9 Å². The minimum atomic E-state index is -0.108. The van der Waals surface area contributed by atoms with Crippen molar-refractivity contribution in [3.05, 3.63) is 64.9 Å². The molecule has 0 saturated heterocycles. The zero-order chi connectivity index (χ0) is 13.8. The standard InChI is InChI=1S/C15H15ClN2O/c1-11(12-6-4-3-5-7-12)18(2)15(19)13-8-9-17-10-14(13)16/h3-11H,1-2H3. The lowest BCUT2D eigenvalue weighted by Gasteiger charge is -2.25. The molecule has 4 heteroatoms. The monoisotopic (exact) mass is 274 g/mol. The summed E-state index contributed by atoms with van der Waals surface area (Å²) in [5.41, 5.74) is 1.56. The van der Waals surface area contributed by atoms with E-state index in [1.807, 2.05) is 37.3 Å². The number of hydrogen-bond acceptors (Lipinski definition) is 2. The van der Waals surface area contributed by atoms with Gasteiger partial charge in [0.05, 0.1) is 16.6 Å². The molecule has 2 aromatic rings. The van der Waals surface area contributed by atoms with Crippen molar-refractivity contribution < 1.29 is 4.79 Å². The van der Waals surface area contributed by atoms with Crippen molar-refractivity contribution in [3.8, 4) is 0 Å². The Morgan fingerprint density at radius 1 is 1.26 bits per heavy atom. The number of pyridine rings is 1. The molecule has 0 aliphatic rings. The quantitative estimate of drug-likeness (QED) is 0.857. The molecule has 1 heterocycles. The minimum Gasteiger partial charge on any atom is -0.335 e. The van der Waals surface area contributed by atoms with Gasteiger partial charge in [0.15, 0.2) is 0 Å². The van der Waals surface area contributed by atoms with Crippen LogP contribution < -0.4 is 0 Å². The van der Waals surface area contributed by atoms with Gasteiger partial charge in [-0.3, -0.25) is 9.78 Å². The van der Waals surface area contributed by atoms with E-state index in [1.54, 1.807) is 24.2 Å². The molecule has 3 nitrogen and oxygen atoms in total. The van der Waals surface area contributed by atoms with Crippen LogP contribution in [0.25, 0.3) is 0 Å². The van der Waals surface area contributed by atoms with Crippen molar-refractivity contribution in [2.24, 2.45) is 0 Å². The molecular formula is C15H15ClN2O. The van der Waals surface area contributed by atoms with E-state index in [2.05, 4.69) is 4.98 Å². The molecule has 0 saturated carbocycles. The normalized spacial score (nSPS) is 11.9. The summed E-state index contributed by atoms with van der Waals surface area (Å²) in [4.78, 5) is 18.0. The van der Waals surface area contributed by atoms with Gasteiger partial charge in [0.2, 0.25) is 0 Å². The summed E-state index contributed by atoms with van der Waals surface area (Å²) in [5.74, 6) is -0.108. The van der Waals surface area contributed by atoms with Gasteiger partial charge in [-0.05, 0) is 18.6 Å². The molecule has 1 aromatic carbocycles. The van der Waals surface area contributed by atoms with Crippen molar-refractivity contribution in [2.75, 3.05) is 7.05 Å². The number of carbonyl (C=O) groups is 1. The molecular weight excluding hydrogens is 260 g/mol. The van der Waals surface area contributed by atoms with E-state index in [9.17, 15) is 4.79 Å².